The Kier molecular flexibility index (Phi) is 15.5. The fourth-order valence-corrected chi connectivity index (χ4v) is 5.22. The molecule has 2 unspecified atom stereocenters. The van der Waals surface area contributed by atoms with Crippen molar-refractivity contribution in [3.8, 4) is 22.5 Å². The van der Waals surface area contributed by atoms with Crippen LogP contribution in [0.3, 0.4) is 0 Å². The number of benzene rings is 2. The van der Waals surface area contributed by atoms with Gasteiger partial charge in [0.2, 0.25) is 18.3 Å². The second-order valence-electron chi connectivity index (χ2n) is 11.3. The van der Waals surface area contributed by atoms with Gasteiger partial charge in [-0.2, -0.15) is 0 Å². The number of aryl methyl sites for hydroxylation is 1. The van der Waals surface area contributed by atoms with E-state index < -0.39 is 35.9 Å². The molecule has 0 aliphatic rings. The van der Waals surface area contributed by atoms with Crippen LogP contribution in [0.15, 0.2) is 48.5 Å². The van der Waals surface area contributed by atoms with E-state index >= 15 is 0 Å². The number of carbonyl (C=O) groups excluding carboxylic acids is 3. The second kappa shape index (κ2) is 20.4. The van der Waals surface area contributed by atoms with E-state index in [4.69, 9.17) is 40.0 Å². The summed E-state index contributed by atoms with van der Waals surface area (Å²) in [6.45, 7) is 6.49. The molecule has 0 fully saturated rings. The van der Waals surface area contributed by atoms with Crippen molar-refractivity contribution in [1.82, 2.24) is 29.8 Å². The fraction of sp³-hybridized carbons (Fsp3) is 0.441. The third-order valence-electron chi connectivity index (χ3n) is 7.41. The summed E-state index contributed by atoms with van der Waals surface area (Å²) in [5.41, 5.74) is 3.17. The third-order valence-corrected chi connectivity index (χ3v) is 7.68. The van der Waals surface area contributed by atoms with Crippen LogP contribution >= 0.6 is 11.6 Å². The largest absolute Gasteiger partial charge is 0.511 e. The van der Waals surface area contributed by atoms with E-state index in [0.717, 1.165) is 34.3 Å². The molecule has 0 aliphatic heterocycles. The number of halogens is 1. The summed E-state index contributed by atoms with van der Waals surface area (Å²) >= 11 is 6.46. The number of hydrogen-bond donors (Lipinski definition) is 0. The molecule has 0 amide bonds. The Bertz CT molecular complexity index is 1870. The zero-order valence-electron chi connectivity index (χ0n) is 30.0. The van der Waals surface area contributed by atoms with Gasteiger partial charge in [0.05, 0.1) is 19.8 Å². The van der Waals surface area contributed by atoms with Crippen molar-refractivity contribution in [3.05, 3.63) is 80.9 Å². The van der Waals surface area contributed by atoms with E-state index in [1.165, 1.54) is 13.8 Å². The van der Waals surface area contributed by atoms with E-state index in [-0.39, 0.29) is 56.3 Å². The number of hydrogen-bond acceptors (Lipinski definition) is 16. The highest BCUT2D eigenvalue weighted by atomic mass is 35.5. The average Bonchev–Trinajstić information content (AvgIpc) is 3.75. The van der Waals surface area contributed by atoms with Crippen molar-refractivity contribution in [2.45, 2.75) is 66.0 Å². The summed E-state index contributed by atoms with van der Waals surface area (Å²) in [6.07, 6.45) is -1.87. The van der Waals surface area contributed by atoms with Crippen molar-refractivity contribution < 1.29 is 52.7 Å². The molecule has 19 nitrogen and oxygen atoms in total. The zero-order valence-corrected chi connectivity index (χ0v) is 30.8. The third kappa shape index (κ3) is 11.9. The summed E-state index contributed by atoms with van der Waals surface area (Å²) in [7, 11) is 0. The maximum atomic E-state index is 13.2. The highest BCUT2D eigenvalue weighted by Crippen LogP contribution is 2.31. The molecule has 2 atom stereocenters. The Morgan fingerprint density at radius 1 is 0.907 bits per heavy atom. The van der Waals surface area contributed by atoms with Crippen LogP contribution < -0.4 is 0 Å². The molecular weight excluding hydrogens is 734 g/mol. The van der Waals surface area contributed by atoms with Crippen LogP contribution in [-0.2, 0) is 46.2 Å². The summed E-state index contributed by atoms with van der Waals surface area (Å²) in [5, 5.41) is 21.8. The Labute approximate surface area is 314 Å². The molecule has 0 N–H and O–H groups in total. The minimum absolute atomic E-state index is 0.0173. The van der Waals surface area contributed by atoms with E-state index in [1.807, 2.05) is 55.5 Å². The van der Waals surface area contributed by atoms with Crippen molar-refractivity contribution in [1.29, 1.82) is 0 Å². The van der Waals surface area contributed by atoms with Gasteiger partial charge in [-0.1, -0.05) is 73.5 Å². The Morgan fingerprint density at radius 2 is 1.61 bits per heavy atom. The number of nitrogens with zero attached hydrogens (tertiary/aromatic N) is 7. The highest BCUT2D eigenvalue weighted by molar-refractivity contribution is 6.32. The Hall–Kier alpha value is -5.82. The summed E-state index contributed by atoms with van der Waals surface area (Å²) < 4.78 is 32.0. The van der Waals surface area contributed by atoms with Gasteiger partial charge in [-0.3, -0.25) is 0 Å². The fourth-order valence-electron chi connectivity index (χ4n) is 4.94. The standard InChI is InChI=1S/C34H40ClN7O12/c1-5-7-12-28-36-30(35)29(32(43)53-23(4)54-33(44)49-6-2)40(28)21-24-13-15-25(16-14-24)26-10-8-9-11-27(26)31-37-39-41(38-31)22(3)52-34(45)50-19-17-48-18-20-51-42(46)47/h8-11,13-16,22-23H,5-7,12,17-21H2,1-4H3. The van der Waals surface area contributed by atoms with Crippen molar-refractivity contribution >= 4 is 29.9 Å². The van der Waals surface area contributed by atoms with Crippen LogP contribution in [0.25, 0.3) is 22.5 Å². The first-order valence-electron chi connectivity index (χ1n) is 17.0. The molecule has 0 saturated carbocycles. The Balaban J connectivity index is 1.44. The molecule has 4 rings (SSSR count). The first-order valence-corrected chi connectivity index (χ1v) is 17.3. The molecule has 0 aliphatic carbocycles. The van der Waals surface area contributed by atoms with Gasteiger partial charge in [0, 0.05) is 25.5 Å². The van der Waals surface area contributed by atoms with Crippen LogP contribution in [-0.4, -0.2) is 92.4 Å². The van der Waals surface area contributed by atoms with Crippen LogP contribution in [0.1, 0.15) is 68.6 Å². The van der Waals surface area contributed by atoms with E-state index in [9.17, 15) is 24.5 Å². The molecule has 0 bridgehead atoms. The smallest absolute Gasteiger partial charge is 0.435 e. The normalized spacial score (nSPS) is 12.0. The van der Waals surface area contributed by atoms with Gasteiger partial charge in [-0.05, 0) is 42.2 Å². The lowest BCUT2D eigenvalue weighted by Crippen LogP contribution is -2.24. The SMILES string of the molecule is CCCCc1nc(Cl)c(C(=O)OC(C)OC(=O)OCC)n1Cc1ccc(-c2ccccc2-c2nnn(C(C)OC(=O)OCCOCCO[N+](=O)[O-])n2)cc1. The quantitative estimate of drug-likeness (QED) is 0.0258. The lowest BCUT2D eigenvalue weighted by molar-refractivity contribution is -0.758. The van der Waals surface area contributed by atoms with Gasteiger partial charge in [0.15, 0.2) is 10.8 Å². The second-order valence-corrected chi connectivity index (χ2v) is 11.6. The lowest BCUT2D eigenvalue weighted by Gasteiger charge is -2.16. The molecule has 2 aromatic heterocycles. The van der Waals surface area contributed by atoms with Crippen LogP contribution in [0, 0.1) is 10.1 Å². The van der Waals surface area contributed by atoms with Crippen LogP contribution in [0.4, 0.5) is 9.59 Å². The van der Waals surface area contributed by atoms with Gasteiger partial charge in [-0.25, -0.2) is 19.4 Å². The number of aromatic nitrogens is 6. The Morgan fingerprint density at radius 3 is 2.31 bits per heavy atom. The molecule has 0 spiro atoms. The number of unbranched alkanes of at least 4 members (excludes halogenated alkanes) is 1. The molecule has 54 heavy (non-hydrogen) atoms. The first-order chi connectivity index (χ1) is 26.0. The maximum Gasteiger partial charge on any atom is 0.511 e. The molecule has 290 valence electrons. The van der Waals surface area contributed by atoms with E-state index in [1.54, 1.807) is 11.5 Å². The first kappa shape index (κ1) is 40.9. The van der Waals surface area contributed by atoms with Crippen molar-refractivity contribution in [2.24, 2.45) is 0 Å². The molecule has 0 saturated heterocycles. The monoisotopic (exact) mass is 773 g/mol. The summed E-state index contributed by atoms with van der Waals surface area (Å²) in [5.74, 6) is 0.0798. The number of ether oxygens (including phenoxy) is 6. The number of rotatable bonds is 20. The van der Waals surface area contributed by atoms with Crippen LogP contribution in [0.2, 0.25) is 5.15 Å². The van der Waals surface area contributed by atoms with E-state index in [0.29, 0.717) is 17.8 Å². The lowest BCUT2D eigenvalue weighted by atomic mass is 9.98. The molecule has 2 heterocycles. The van der Waals surface area contributed by atoms with Gasteiger partial charge in [0.25, 0.3) is 5.09 Å². The number of esters is 1. The van der Waals surface area contributed by atoms with Gasteiger partial charge in [-0.15, -0.1) is 25.1 Å². The van der Waals surface area contributed by atoms with Gasteiger partial charge in [0.1, 0.15) is 19.0 Å². The van der Waals surface area contributed by atoms with Gasteiger partial charge >= 0.3 is 18.3 Å². The molecule has 4 aromatic rings. The topological polar surface area (TPSA) is 220 Å². The number of imidazole rings is 1. The number of tetrazole rings is 1. The van der Waals surface area contributed by atoms with E-state index in [2.05, 4.69) is 25.2 Å². The van der Waals surface area contributed by atoms with Gasteiger partial charge < -0.3 is 37.8 Å². The zero-order chi connectivity index (χ0) is 39.0. The van der Waals surface area contributed by atoms with Crippen molar-refractivity contribution in [3.63, 3.8) is 0 Å². The van der Waals surface area contributed by atoms with Crippen LogP contribution in [0.5, 0.6) is 0 Å². The molecule has 0 radical (unpaired) electrons. The van der Waals surface area contributed by atoms with Crippen molar-refractivity contribution in [2.75, 3.05) is 33.0 Å². The summed E-state index contributed by atoms with van der Waals surface area (Å²) in [4.78, 5) is 56.9. The molecule has 20 heteroatoms. The molecular formula is C34H40ClN7O12. The minimum atomic E-state index is -1.23. The highest BCUT2D eigenvalue weighted by Gasteiger charge is 2.26. The maximum absolute atomic E-state index is 13.2. The molecule has 2 aromatic carbocycles. The number of carbonyl (C=O) groups is 3. The predicted octanol–water partition coefficient (Wildman–Crippen LogP) is 5.82. The average molecular weight is 774 g/mol. The minimum Gasteiger partial charge on any atom is -0.435 e. The summed E-state index contributed by atoms with van der Waals surface area (Å²) in [6, 6.07) is 15.1. The predicted molar refractivity (Wildman–Crippen MR) is 188 cm³/mol.